The first-order valence-electron chi connectivity index (χ1n) is 6.93. The van der Waals surface area contributed by atoms with Crippen molar-refractivity contribution in [2.24, 2.45) is 0 Å². The van der Waals surface area contributed by atoms with Crippen molar-refractivity contribution in [3.05, 3.63) is 52.6 Å². The minimum absolute atomic E-state index is 0.130. The molecule has 0 atom stereocenters. The van der Waals surface area contributed by atoms with E-state index in [-0.39, 0.29) is 18.0 Å². The summed E-state index contributed by atoms with van der Waals surface area (Å²) in [5, 5.41) is 13.3. The monoisotopic (exact) mass is 332 g/mol. The van der Waals surface area contributed by atoms with Crippen LogP contribution in [0, 0.1) is 10.1 Å². The number of benzene rings is 2. The minimum Gasteiger partial charge on any atom is -0.494 e. The zero-order valence-corrected chi connectivity index (χ0v) is 13.1. The van der Waals surface area contributed by atoms with E-state index < -0.39 is 10.8 Å². The summed E-state index contributed by atoms with van der Waals surface area (Å²) in [7, 11) is 2.87. The molecule has 0 saturated heterocycles. The summed E-state index contributed by atoms with van der Waals surface area (Å²) < 4.78 is 15.6. The number of ether oxygens (including phenoxy) is 3. The molecule has 2 rings (SSSR count). The number of nitrogens with zero attached hydrogens (tertiary/aromatic N) is 1. The highest BCUT2D eigenvalue weighted by Gasteiger charge is 2.14. The molecule has 0 fully saturated rings. The van der Waals surface area contributed by atoms with Gasteiger partial charge in [0.15, 0.2) is 18.1 Å². The molecule has 0 aromatic heterocycles. The lowest BCUT2D eigenvalue weighted by molar-refractivity contribution is -0.384. The standard InChI is InChI=1S/C16H16N2O6/c1-22-13-5-3-4-6-14(13)24-10-16(19)17-12-8-7-11(18(20)21)9-15(12)23-2/h3-9H,10H2,1-2H3,(H,17,19). The van der Waals surface area contributed by atoms with Gasteiger partial charge < -0.3 is 19.5 Å². The number of hydrogen-bond donors (Lipinski definition) is 1. The molecule has 126 valence electrons. The molecule has 8 nitrogen and oxygen atoms in total. The molecule has 1 amide bonds. The number of nitrogens with one attached hydrogen (secondary N) is 1. The zero-order chi connectivity index (χ0) is 17.5. The molecule has 0 saturated carbocycles. The van der Waals surface area contributed by atoms with Crippen molar-refractivity contribution in [1.29, 1.82) is 0 Å². The smallest absolute Gasteiger partial charge is 0.273 e. The van der Waals surface area contributed by atoms with Crippen molar-refractivity contribution >= 4 is 17.3 Å². The van der Waals surface area contributed by atoms with Crippen LogP contribution in [0.25, 0.3) is 0 Å². The van der Waals surface area contributed by atoms with Crippen LogP contribution in [0.4, 0.5) is 11.4 Å². The van der Waals surface area contributed by atoms with Gasteiger partial charge in [-0.15, -0.1) is 0 Å². The van der Waals surface area contributed by atoms with Crippen LogP contribution >= 0.6 is 0 Å². The summed E-state index contributed by atoms with van der Waals surface area (Å²) >= 11 is 0. The van der Waals surface area contributed by atoms with E-state index in [2.05, 4.69) is 5.32 Å². The van der Waals surface area contributed by atoms with Crippen LogP contribution in [0.5, 0.6) is 17.2 Å². The van der Waals surface area contributed by atoms with Gasteiger partial charge in [0, 0.05) is 6.07 Å². The molecule has 0 heterocycles. The van der Waals surface area contributed by atoms with Crippen LogP contribution in [0.2, 0.25) is 0 Å². The maximum Gasteiger partial charge on any atom is 0.273 e. The molecule has 0 bridgehead atoms. The zero-order valence-electron chi connectivity index (χ0n) is 13.1. The Morgan fingerprint density at radius 2 is 1.75 bits per heavy atom. The van der Waals surface area contributed by atoms with E-state index in [1.54, 1.807) is 24.3 Å². The number of nitro benzene ring substituents is 1. The number of carbonyl (C=O) groups excluding carboxylic acids is 1. The van der Waals surface area contributed by atoms with Crippen molar-refractivity contribution < 1.29 is 23.9 Å². The van der Waals surface area contributed by atoms with Gasteiger partial charge in [0.1, 0.15) is 5.75 Å². The van der Waals surface area contributed by atoms with Gasteiger partial charge in [0.25, 0.3) is 11.6 Å². The molecule has 0 radical (unpaired) electrons. The molecule has 0 aliphatic carbocycles. The van der Waals surface area contributed by atoms with Crippen molar-refractivity contribution in [2.75, 3.05) is 26.1 Å². The largest absolute Gasteiger partial charge is 0.494 e. The first-order valence-corrected chi connectivity index (χ1v) is 6.93. The lowest BCUT2D eigenvalue weighted by Gasteiger charge is -2.12. The van der Waals surface area contributed by atoms with Crippen molar-refractivity contribution in [2.45, 2.75) is 0 Å². The third kappa shape index (κ3) is 4.13. The van der Waals surface area contributed by atoms with Crippen LogP contribution in [-0.2, 0) is 4.79 Å². The first kappa shape index (κ1) is 17.1. The second-order valence-electron chi connectivity index (χ2n) is 4.63. The third-order valence-electron chi connectivity index (χ3n) is 3.10. The summed E-state index contributed by atoms with van der Waals surface area (Å²) in [5.41, 5.74) is 0.187. The molecule has 8 heteroatoms. The summed E-state index contributed by atoms with van der Waals surface area (Å²) in [4.78, 5) is 22.2. The Kier molecular flexibility index (Phi) is 5.56. The lowest BCUT2D eigenvalue weighted by atomic mass is 10.2. The Hall–Kier alpha value is -3.29. The highest BCUT2D eigenvalue weighted by atomic mass is 16.6. The molecule has 0 spiro atoms. The van der Waals surface area contributed by atoms with Gasteiger partial charge in [-0.1, -0.05) is 12.1 Å². The van der Waals surface area contributed by atoms with Gasteiger partial charge in [-0.25, -0.2) is 0 Å². The van der Waals surface area contributed by atoms with E-state index in [4.69, 9.17) is 14.2 Å². The topological polar surface area (TPSA) is 99.9 Å². The maximum atomic E-state index is 12.0. The Morgan fingerprint density at radius 3 is 2.38 bits per heavy atom. The van der Waals surface area contributed by atoms with E-state index in [1.165, 1.54) is 32.4 Å². The average Bonchev–Trinajstić information content (AvgIpc) is 2.60. The molecule has 0 aliphatic rings. The van der Waals surface area contributed by atoms with E-state index in [0.717, 1.165) is 0 Å². The molecule has 2 aromatic rings. The Labute approximate surface area is 138 Å². The van der Waals surface area contributed by atoms with Crippen molar-refractivity contribution in [1.82, 2.24) is 0 Å². The van der Waals surface area contributed by atoms with Gasteiger partial charge in [0.2, 0.25) is 0 Å². The number of carbonyl (C=O) groups is 1. The van der Waals surface area contributed by atoms with Crippen LogP contribution < -0.4 is 19.5 Å². The first-order chi connectivity index (χ1) is 11.5. The maximum absolute atomic E-state index is 12.0. The highest BCUT2D eigenvalue weighted by molar-refractivity contribution is 5.93. The fraction of sp³-hybridized carbons (Fsp3) is 0.188. The molecule has 1 N–H and O–H groups in total. The van der Waals surface area contributed by atoms with Gasteiger partial charge in [-0.2, -0.15) is 0 Å². The number of methoxy groups -OCH3 is 2. The van der Waals surface area contributed by atoms with E-state index in [9.17, 15) is 14.9 Å². The van der Waals surface area contributed by atoms with Crippen molar-refractivity contribution in [3.8, 4) is 17.2 Å². The van der Waals surface area contributed by atoms with Gasteiger partial charge in [0.05, 0.1) is 30.9 Å². The number of non-ortho nitro benzene ring substituents is 1. The number of para-hydroxylation sites is 2. The Morgan fingerprint density at radius 1 is 1.08 bits per heavy atom. The van der Waals surface area contributed by atoms with Gasteiger partial charge >= 0.3 is 0 Å². The fourth-order valence-corrected chi connectivity index (χ4v) is 1.96. The second kappa shape index (κ2) is 7.82. The van der Waals surface area contributed by atoms with Gasteiger partial charge in [-0.05, 0) is 18.2 Å². The Bertz CT molecular complexity index is 747. The number of amides is 1. The number of nitro groups is 1. The summed E-state index contributed by atoms with van der Waals surface area (Å²) in [6.07, 6.45) is 0. The molecule has 0 unspecified atom stereocenters. The van der Waals surface area contributed by atoms with Gasteiger partial charge in [-0.3, -0.25) is 14.9 Å². The quantitative estimate of drug-likeness (QED) is 0.618. The van der Waals surface area contributed by atoms with E-state index in [0.29, 0.717) is 17.2 Å². The summed E-state index contributed by atoms with van der Waals surface area (Å²) in [6, 6.07) is 10.8. The molecule has 24 heavy (non-hydrogen) atoms. The minimum atomic E-state index is -0.543. The second-order valence-corrected chi connectivity index (χ2v) is 4.63. The average molecular weight is 332 g/mol. The number of anilines is 1. The lowest BCUT2D eigenvalue weighted by Crippen LogP contribution is -2.20. The summed E-state index contributed by atoms with van der Waals surface area (Å²) in [6.45, 7) is -0.249. The van der Waals surface area contributed by atoms with Crippen LogP contribution in [-0.4, -0.2) is 31.7 Å². The molecule has 2 aromatic carbocycles. The van der Waals surface area contributed by atoms with Crippen LogP contribution in [0.15, 0.2) is 42.5 Å². The predicted molar refractivity (Wildman–Crippen MR) is 86.8 cm³/mol. The van der Waals surface area contributed by atoms with E-state index >= 15 is 0 Å². The fourth-order valence-electron chi connectivity index (χ4n) is 1.96. The highest BCUT2D eigenvalue weighted by Crippen LogP contribution is 2.29. The predicted octanol–water partition coefficient (Wildman–Crippen LogP) is 2.63. The molecule has 0 aliphatic heterocycles. The number of hydrogen-bond acceptors (Lipinski definition) is 6. The SMILES string of the molecule is COc1cc([N+](=O)[O-])ccc1NC(=O)COc1ccccc1OC. The van der Waals surface area contributed by atoms with Crippen LogP contribution in [0.1, 0.15) is 0 Å². The van der Waals surface area contributed by atoms with Crippen LogP contribution in [0.3, 0.4) is 0 Å². The van der Waals surface area contributed by atoms with Crippen molar-refractivity contribution in [3.63, 3.8) is 0 Å². The normalized spacial score (nSPS) is 9.92. The number of rotatable bonds is 7. The third-order valence-corrected chi connectivity index (χ3v) is 3.10. The van der Waals surface area contributed by atoms with E-state index in [1.807, 2.05) is 0 Å². The summed E-state index contributed by atoms with van der Waals surface area (Å²) in [5.74, 6) is 0.701. The molecular formula is C16H16N2O6. The molecular weight excluding hydrogens is 316 g/mol. The Balaban J connectivity index is 2.03.